The summed E-state index contributed by atoms with van der Waals surface area (Å²) in [7, 11) is 0. The topological polar surface area (TPSA) is 104 Å². The van der Waals surface area contributed by atoms with E-state index in [0.29, 0.717) is 49.3 Å². The summed E-state index contributed by atoms with van der Waals surface area (Å²) in [4.78, 5) is 26.2. The molecule has 3 aromatic rings. The quantitative estimate of drug-likeness (QED) is 0.697. The Balaban J connectivity index is 2.23. The van der Waals surface area contributed by atoms with Gasteiger partial charge in [0.15, 0.2) is 5.82 Å². The molecule has 2 N–H and O–H groups in total. The number of morpholine rings is 1. The molecule has 1 aromatic carbocycles. The first-order valence-electron chi connectivity index (χ1n) is 9.63. The van der Waals surface area contributed by atoms with Gasteiger partial charge in [-0.15, -0.1) is 5.10 Å². The molecule has 0 spiro atoms. The molecular formula is C21H23N3O5. The zero-order valence-electron chi connectivity index (χ0n) is 16.7. The normalized spacial score (nSPS) is 14.7. The second-order valence-electron chi connectivity index (χ2n) is 7.27. The molecule has 1 fully saturated rings. The largest absolute Gasteiger partial charge is 0.478 e. The Morgan fingerprint density at radius 3 is 2.34 bits per heavy atom. The number of fused-ring (bicyclic) bond motifs is 3. The molecule has 0 aliphatic carbocycles. The summed E-state index contributed by atoms with van der Waals surface area (Å²) in [5.41, 5.74) is 2.40. The zero-order chi connectivity index (χ0) is 20.9. The number of aromatic carboxylic acids is 2. The number of rotatable bonds is 4. The van der Waals surface area contributed by atoms with Gasteiger partial charge in [-0.3, -0.25) is 0 Å². The molecule has 8 heteroatoms. The van der Waals surface area contributed by atoms with E-state index in [1.54, 1.807) is 6.92 Å². The van der Waals surface area contributed by atoms with Crippen LogP contribution in [0.15, 0.2) is 12.1 Å². The van der Waals surface area contributed by atoms with Crippen molar-refractivity contribution in [2.75, 3.05) is 31.2 Å². The van der Waals surface area contributed by atoms with E-state index in [1.807, 2.05) is 26.0 Å². The van der Waals surface area contributed by atoms with Gasteiger partial charge in [0.05, 0.1) is 30.0 Å². The highest BCUT2D eigenvalue weighted by Gasteiger charge is 2.31. The van der Waals surface area contributed by atoms with Crippen molar-refractivity contribution in [3.8, 4) is 0 Å². The molecule has 8 nitrogen and oxygen atoms in total. The summed E-state index contributed by atoms with van der Waals surface area (Å²) in [6.07, 6.45) is 0.349. The van der Waals surface area contributed by atoms with Crippen LogP contribution >= 0.6 is 0 Å². The molecule has 0 radical (unpaired) electrons. The fourth-order valence-corrected chi connectivity index (χ4v) is 4.18. The van der Waals surface area contributed by atoms with E-state index in [-0.39, 0.29) is 11.1 Å². The third-order valence-electron chi connectivity index (χ3n) is 5.73. The monoisotopic (exact) mass is 397 g/mol. The molecule has 29 heavy (non-hydrogen) atoms. The minimum absolute atomic E-state index is 0.189. The predicted molar refractivity (Wildman–Crippen MR) is 109 cm³/mol. The molecule has 0 atom stereocenters. The average Bonchev–Trinajstić information content (AvgIpc) is 3.05. The smallest absolute Gasteiger partial charge is 0.338 e. The van der Waals surface area contributed by atoms with Crippen molar-refractivity contribution in [2.45, 2.75) is 27.2 Å². The number of hydrogen-bond acceptors (Lipinski definition) is 5. The minimum atomic E-state index is -1.26. The molecule has 1 aliphatic rings. The third-order valence-corrected chi connectivity index (χ3v) is 5.73. The number of aryl methyl sites for hydroxylation is 3. The van der Waals surface area contributed by atoms with E-state index in [4.69, 9.17) is 9.84 Å². The van der Waals surface area contributed by atoms with Crippen LogP contribution in [0.5, 0.6) is 0 Å². The van der Waals surface area contributed by atoms with E-state index in [2.05, 4.69) is 4.90 Å². The van der Waals surface area contributed by atoms with Gasteiger partial charge in [-0.1, -0.05) is 19.1 Å². The van der Waals surface area contributed by atoms with Crippen LogP contribution < -0.4 is 4.90 Å². The highest BCUT2D eigenvalue weighted by molar-refractivity contribution is 6.16. The maximum atomic E-state index is 12.1. The van der Waals surface area contributed by atoms with Crippen molar-refractivity contribution in [2.24, 2.45) is 0 Å². The minimum Gasteiger partial charge on any atom is -0.478 e. The number of carboxylic acid groups (broad SMARTS) is 2. The lowest BCUT2D eigenvalue weighted by Gasteiger charge is -2.29. The molecule has 152 valence electrons. The van der Waals surface area contributed by atoms with Crippen molar-refractivity contribution in [1.82, 2.24) is 9.61 Å². The Hall–Kier alpha value is -3.13. The lowest BCUT2D eigenvalue weighted by Crippen LogP contribution is -2.37. The van der Waals surface area contributed by atoms with E-state index in [9.17, 15) is 19.8 Å². The number of ether oxygens (including phenoxy) is 1. The van der Waals surface area contributed by atoms with Gasteiger partial charge in [0.2, 0.25) is 0 Å². The summed E-state index contributed by atoms with van der Waals surface area (Å²) in [5.74, 6) is -1.79. The second kappa shape index (κ2) is 7.04. The highest BCUT2D eigenvalue weighted by atomic mass is 16.5. The van der Waals surface area contributed by atoms with Gasteiger partial charge in [0.1, 0.15) is 5.56 Å². The van der Waals surface area contributed by atoms with Crippen LogP contribution in [0.2, 0.25) is 0 Å². The maximum absolute atomic E-state index is 12.1. The van der Waals surface area contributed by atoms with Crippen LogP contribution in [0, 0.1) is 13.8 Å². The van der Waals surface area contributed by atoms with Crippen molar-refractivity contribution in [3.63, 3.8) is 0 Å². The Labute approximate surface area is 167 Å². The van der Waals surface area contributed by atoms with E-state index in [1.165, 1.54) is 4.52 Å². The van der Waals surface area contributed by atoms with Crippen LogP contribution in [-0.4, -0.2) is 58.1 Å². The Kier molecular flexibility index (Phi) is 4.66. The van der Waals surface area contributed by atoms with Gasteiger partial charge < -0.3 is 19.8 Å². The zero-order valence-corrected chi connectivity index (χ0v) is 16.7. The molecule has 0 saturated carbocycles. The average molecular weight is 397 g/mol. The van der Waals surface area contributed by atoms with Crippen molar-refractivity contribution >= 4 is 34.0 Å². The number of benzene rings is 1. The van der Waals surface area contributed by atoms with Crippen LogP contribution in [0.25, 0.3) is 16.3 Å². The van der Waals surface area contributed by atoms with Crippen molar-refractivity contribution < 1.29 is 24.5 Å². The molecule has 0 amide bonds. The molecule has 0 unspecified atom stereocenters. The second-order valence-corrected chi connectivity index (χ2v) is 7.27. The third kappa shape index (κ3) is 2.82. The van der Waals surface area contributed by atoms with E-state index >= 15 is 0 Å². The number of anilines is 1. The maximum Gasteiger partial charge on any atom is 0.338 e. The van der Waals surface area contributed by atoms with Crippen LogP contribution in [0.1, 0.15) is 44.5 Å². The van der Waals surface area contributed by atoms with Gasteiger partial charge >= 0.3 is 11.9 Å². The van der Waals surface area contributed by atoms with Gasteiger partial charge in [-0.25, -0.2) is 14.1 Å². The summed E-state index contributed by atoms with van der Waals surface area (Å²) < 4.78 is 7.00. The Bertz CT molecular complexity index is 1160. The van der Waals surface area contributed by atoms with E-state index in [0.717, 1.165) is 22.3 Å². The fourth-order valence-electron chi connectivity index (χ4n) is 4.18. The molecule has 0 bridgehead atoms. The Morgan fingerprint density at radius 1 is 1.10 bits per heavy atom. The number of nitrogens with zero attached hydrogens (tertiary/aromatic N) is 3. The van der Waals surface area contributed by atoms with Crippen molar-refractivity contribution in [1.29, 1.82) is 0 Å². The molecule has 1 saturated heterocycles. The Morgan fingerprint density at radius 2 is 1.76 bits per heavy atom. The standard InChI is InChI=1S/C21H23N3O5/c1-4-14-16(20(25)26)17(21(27)28)18-13-6-5-11(2)12(3)15(13)19(22-24(14)18)23-7-9-29-10-8-23/h5-6H,4,7-10H2,1-3H3,(H,25,26)(H,27,28). The van der Waals surface area contributed by atoms with Crippen LogP contribution in [-0.2, 0) is 11.2 Å². The number of aromatic nitrogens is 2. The summed E-state index contributed by atoms with van der Waals surface area (Å²) in [5, 5.41) is 26.0. The SMILES string of the molecule is CCc1c(C(=O)O)c(C(=O)O)c2c3ccc(C)c(C)c3c(N3CCOCC3)nn12. The fraction of sp³-hybridized carbons (Fsp3) is 0.381. The molecule has 1 aliphatic heterocycles. The van der Waals surface area contributed by atoms with Gasteiger partial charge in [-0.2, -0.15) is 0 Å². The first-order valence-corrected chi connectivity index (χ1v) is 9.63. The predicted octanol–water partition coefficient (Wildman–Crippen LogP) is 2.90. The first-order chi connectivity index (χ1) is 13.9. The summed E-state index contributed by atoms with van der Waals surface area (Å²) in [6.45, 7) is 8.29. The summed E-state index contributed by atoms with van der Waals surface area (Å²) >= 11 is 0. The molecule has 4 rings (SSSR count). The van der Waals surface area contributed by atoms with Crippen LogP contribution in [0.4, 0.5) is 5.82 Å². The van der Waals surface area contributed by atoms with Gasteiger partial charge in [0, 0.05) is 23.9 Å². The molecule has 3 heterocycles. The van der Waals surface area contributed by atoms with E-state index < -0.39 is 11.9 Å². The lowest BCUT2D eigenvalue weighted by molar-refractivity contribution is 0.0653. The number of hydrogen-bond donors (Lipinski definition) is 2. The summed E-state index contributed by atoms with van der Waals surface area (Å²) in [6, 6.07) is 3.81. The number of carbonyl (C=O) groups is 2. The molecular weight excluding hydrogens is 374 g/mol. The number of carboxylic acids is 2. The highest BCUT2D eigenvalue weighted by Crippen LogP contribution is 2.37. The van der Waals surface area contributed by atoms with Gasteiger partial charge in [0.25, 0.3) is 0 Å². The molecule has 2 aromatic heterocycles. The lowest BCUT2D eigenvalue weighted by atomic mass is 9.99. The first kappa shape index (κ1) is 19.2. The van der Waals surface area contributed by atoms with Crippen LogP contribution in [0.3, 0.4) is 0 Å². The van der Waals surface area contributed by atoms with Crippen molar-refractivity contribution in [3.05, 3.63) is 40.1 Å². The van der Waals surface area contributed by atoms with Gasteiger partial charge in [-0.05, 0) is 31.4 Å².